The third kappa shape index (κ3) is 4.72. The molecule has 0 saturated heterocycles. The first kappa shape index (κ1) is 21.4. The van der Waals surface area contributed by atoms with Crippen LogP contribution in [-0.2, 0) is 6.42 Å². The minimum atomic E-state index is -0.538. The first-order valence-corrected chi connectivity index (χ1v) is 10.4. The first-order valence-electron chi connectivity index (χ1n) is 10.4. The van der Waals surface area contributed by atoms with Gasteiger partial charge in [-0.2, -0.15) is 0 Å². The molecule has 2 aromatic carbocycles. The number of ketones is 1. The summed E-state index contributed by atoms with van der Waals surface area (Å²) in [6.45, 7) is 3.96. The molecular formula is C25H23FN4O2. The monoisotopic (exact) mass is 430 g/mol. The second-order valence-corrected chi connectivity index (χ2v) is 7.70. The third-order valence-electron chi connectivity index (χ3n) is 4.88. The van der Waals surface area contributed by atoms with Gasteiger partial charge in [0.15, 0.2) is 5.78 Å². The molecule has 0 aliphatic carbocycles. The number of hydrogen-bond donors (Lipinski definition) is 1. The molecule has 32 heavy (non-hydrogen) atoms. The number of hydrogen-bond acceptors (Lipinski definition) is 6. The molecule has 0 radical (unpaired) electrons. The van der Waals surface area contributed by atoms with Crippen molar-refractivity contribution in [3.8, 4) is 17.0 Å². The van der Waals surface area contributed by atoms with Gasteiger partial charge in [0.1, 0.15) is 22.8 Å². The fourth-order valence-corrected chi connectivity index (χ4v) is 3.49. The number of Topliss-reactive ketones (excluding diaryl/α,β-unsaturated/α-hetero) is 1. The number of benzene rings is 2. The van der Waals surface area contributed by atoms with Crippen LogP contribution in [0, 0.1) is 5.82 Å². The van der Waals surface area contributed by atoms with Crippen LogP contribution in [0.4, 0.5) is 10.3 Å². The lowest BCUT2D eigenvalue weighted by Gasteiger charge is -2.11. The zero-order valence-electron chi connectivity index (χ0n) is 17.9. The van der Waals surface area contributed by atoms with Crippen LogP contribution in [0.3, 0.4) is 0 Å². The van der Waals surface area contributed by atoms with E-state index in [1.807, 2.05) is 56.3 Å². The molecule has 162 valence electrons. The Hall–Kier alpha value is -3.87. The van der Waals surface area contributed by atoms with Crippen molar-refractivity contribution in [2.45, 2.75) is 32.8 Å². The molecule has 4 rings (SSSR count). The lowest BCUT2D eigenvalue weighted by atomic mass is 10.0. The molecule has 6 nitrogen and oxygen atoms in total. The van der Waals surface area contributed by atoms with Gasteiger partial charge in [0.2, 0.25) is 5.95 Å². The summed E-state index contributed by atoms with van der Waals surface area (Å²) in [5, 5.41) is 0.355. The summed E-state index contributed by atoms with van der Waals surface area (Å²) < 4.78 is 19.9. The molecule has 0 amide bonds. The average Bonchev–Trinajstić information content (AvgIpc) is 2.77. The van der Waals surface area contributed by atoms with Crippen molar-refractivity contribution in [1.82, 2.24) is 15.0 Å². The van der Waals surface area contributed by atoms with E-state index in [0.717, 1.165) is 22.7 Å². The standard InChI is InChI=1S/C25H23FN4O2/c1-15(2)32-18-8-3-6-16(14-18)21-11-4-7-17(28-21)12-13-22(31)24-19-9-5-10-20(26)23(19)29-25(27)30-24/h3-11,14-15H,12-13H2,1-2H3,(H2,27,29,30). The van der Waals surface area contributed by atoms with Crippen molar-refractivity contribution in [2.24, 2.45) is 0 Å². The summed E-state index contributed by atoms with van der Waals surface area (Å²) in [5.41, 5.74) is 8.37. The van der Waals surface area contributed by atoms with E-state index in [-0.39, 0.29) is 35.5 Å². The molecule has 0 bridgehead atoms. The highest BCUT2D eigenvalue weighted by molar-refractivity contribution is 6.06. The molecule has 0 unspecified atom stereocenters. The van der Waals surface area contributed by atoms with E-state index in [2.05, 4.69) is 9.97 Å². The van der Waals surface area contributed by atoms with Gasteiger partial charge in [-0.05, 0) is 50.6 Å². The summed E-state index contributed by atoms with van der Waals surface area (Å²) >= 11 is 0. The number of rotatable bonds is 7. The molecule has 7 heteroatoms. The number of fused-ring (bicyclic) bond motifs is 1. The normalized spacial score (nSPS) is 11.1. The van der Waals surface area contributed by atoms with Gasteiger partial charge in [-0.1, -0.05) is 30.3 Å². The lowest BCUT2D eigenvalue weighted by Crippen LogP contribution is -2.09. The predicted octanol–water partition coefficient (Wildman–Crippen LogP) is 5.02. The van der Waals surface area contributed by atoms with Gasteiger partial charge in [0, 0.05) is 23.1 Å². The zero-order valence-corrected chi connectivity index (χ0v) is 17.9. The third-order valence-corrected chi connectivity index (χ3v) is 4.88. The number of anilines is 1. The summed E-state index contributed by atoms with van der Waals surface area (Å²) in [6, 6.07) is 17.9. The number of nitrogens with zero attached hydrogens (tertiary/aromatic N) is 3. The molecule has 4 aromatic rings. The molecule has 2 N–H and O–H groups in total. The minimum absolute atomic E-state index is 0.0481. The molecule has 0 atom stereocenters. The van der Waals surface area contributed by atoms with Crippen LogP contribution in [0.2, 0.25) is 0 Å². The Morgan fingerprint density at radius 3 is 2.62 bits per heavy atom. The Bertz CT molecular complexity index is 1290. The molecule has 2 aromatic heterocycles. The van der Waals surface area contributed by atoms with Crippen LogP contribution in [-0.4, -0.2) is 26.8 Å². The van der Waals surface area contributed by atoms with Crippen molar-refractivity contribution in [3.63, 3.8) is 0 Å². The molecule has 0 fully saturated rings. The number of para-hydroxylation sites is 1. The van der Waals surface area contributed by atoms with E-state index >= 15 is 0 Å². The van der Waals surface area contributed by atoms with Crippen LogP contribution < -0.4 is 10.5 Å². The number of aromatic nitrogens is 3. The number of ether oxygens (including phenoxy) is 1. The highest BCUT2D eigenvalue weighted by atomic mass is 19.1. The molecule has 0 aliphatic heterocycles. The quantitative estimate of drug-likeness (QED) is 0.414. The maximum Gasteiger partial charge on any atom is 0.221 e. The summed E-state index contributed by atoms with van der Waals surface area (Å²) in [7, 11) is 0. The Labute approximate surface area is 185 Å². The lowest BCUT2D eigenvalue weighted by molar-refractivity contribution is 0.0979. The average molecular weight is 430 g/mol. The van der Waals surface area contributed by atoms with Crippen LogP contribution in [0.1, 0.15) is 36.5 Å². The first-order chi connectivity index (χ1) is 15.4. The van der Waals surface area contributed by atoms with Gasteiger partial charge in [-0.25, -0.2) is 14.4 Å². The van der Waals surface area contributed by atoms with Crippen molar-refractivity contribution in [3.05, 3.63) is 77.9 Å². The van der Waals surface area contributed by atoms with Gasteiger partial charge in [0.05, 0.1) is 11.8 Å². The summed E-state index contributed by atoms with van der Waals surface area (Å²) in [5.74, 6) is -0.132. The Morgan fingerprint density at radius 2 is 1.81 bits per heavy atom. The van der Waals surface area contributed by atoms with Crippen molar-refractivity contribution in [2.75, 3.05) is 5.73 Å². The van der Waals surface area contributed by atoms with E-state index in [4.69, 9.17) is 15.5 Å². The molecule has 2 heterocycles. The second-order valence-electron chi connectivity index (χ2n) is 7.70. The fraction of sp³-hybridized carbons (Fsp3) is 0.200. The van der Waals surface area contributed by atoms with Crippen molar-refractivity contribution >= 4 is 22.6 Å². The van der Waals surface area contributed by atoms with E-state index < -0.39 is 5.82 Å². The second kappa shape index (κ2) is 9.09. The number of nitrogen functional groups attached to an aromatic ring is 1. The number of nitrogens with two attached hydrogens (primary N) is 1. The van der Waals surface area contributed by atoms with Crippen LogP contribution in [0.25, 0.3) is 22.2 Å². The topological polar surface area (TPSA) is 91.0 Å². The highest BCUT2D eigenvalue weighted by Gasteiger charge is 2.16. The number of aryl methyl sites for hydroxylation is 1. The van der Waals surface area contributed by atoms with Gasteiger partial charge >= 0.3 is 0 Å². The molecule has 0 saturated carbocycles. The van der Waals surface area contributed by atoms with Gasteiger partial charge < -0.3 is 10.5 Å². The molecule has 0 aliphatic rings. The van der Waals surface area contributed by atoms with Gasteiger partial charge in [-0.3, -0.25) is 9.78 Å². The summed E-state index contributed by atoms with van der Waals surface area (Å²) in [6.07, 6.45) is 0.654. The van der Waals surface area contributed by atoms with Crippen LogP contribution >= 0.6 is 0 Å². The predicted molar refractivity (Wildman–Crippen MR) is 122 cm³/mol. The maximum absolute atomic E-state index is 14.1. The molecular weight excluding hydrogens is 407 g/mol. The van der Waals surface area contributed by atoms with Gasteiger partial charge in [0.25, 0.3) is 0 Å². The minimum Gasteiger partial charge on any atom is -0.491 e. The zero-order chi connectivity index (χ0) is 22.7. The van der Waals surface area contributed by atoms with Crippen LogP contribution in [0.15, 0.2) is 60.7 Å². The smallest absolute Gasteiger partial charge is 0.221 e. The SMILES string of the molecule is CC(C)Oc1cccc(-c2cccc(CCC(=O)c3nc(N)nc4c(F)cccc34)n2)c1. The van der Waals surface area contributed by atoms with E-state index in [0.29, 0.717) is 11.8 Å². The largest absolute Gasteiger partial charge is 0.491 e. The van der Waals surface area contributed by atoms with E-state index in [9.17, 15) is 9.18 Å². The Morgan fingerprint density at radius 1 is 1.03 bits per heavy atom. The van der Waals surface area contributed by atoms with Crippen LogP contribution in [0.5, 0.6) is 5.75 Å². The number of carbonyl (C=O) groups excluding carboxylic acids is 1. The molecule has 0 spiro atoms. The highest BCUT2D eigenvalue weighted by Crippen LogP contribution is 2.24. The van der Waals surface area contributed by atoms with Crippen molar-refractivity contribution in [1.29, 1.82) is 0 Å². The number of halogens is 1. The number of carbonyl (C=O) groups is 1. The Balaban J connectivity index is 1.54. The van der Waals surface area contributed by atoms with Gasteiger partial charge in [-0.15, -0.1) is 0 Å². The Kier molecular flexibility index (Phi) is 6.07. The summed E-state index contributed by atoms with van der Waals surface area (Å²) in [4.78, 5) is 25.6. The number of pyridine rings is 1. The maximum atomic E-state index is 14.1. The fourth-order valence-electron chi connectivity index (χ4n) is 3.49. The van der Waals surface area contributed by atoms with E-state index in [1.165, 1.54) is 12.1 Å². The van der Waals surface area contributed by atoms with E-state index in [1.54, 1.807) is 6.07 Å². The van der Waals surface area contributed by atoms with Crippen molar-refractivity contribution < 1.29 is 13.9 Å².